The van der Waals surface area contributed by atoms with Gasteiger partial charge in [0.2, 0.25) is 6.41 Å². The number of nitrogens with zero attached hydrogens (tertiary/aromatic N) is 2. The molecule has 2 aromatic rings. The van der Waals surface area contributed by atoms with Gasteiger partial charge in [-0.3, -0.25) is 9.52 Å². The van der Waals surface area contributed by atoms with E-state index in [-0.39, 0.29) is 4.90 Å². The van der Waals surface area contributed by atoms with Crippen molar-refractivity contribution in [1.82, 2.24) is 4.90 Å². The van der Waals surface area contributed by atoms with E-state index in [0.29, 0.717) is 23.8 Å². The highest BCUT2D eigenvalue weighted by Gasteiger charge is 2.17. The molecule has 1 amide bonds. The van der Waals surface area contributed by atoms with E-state index in [1.807, 2.05) is 12.1 Å². The molecule has 2 aromatic carbocycles. The molecule has 8 heteroatoms. The molecule has 1 saturated heterocycles. The molecule has 25 heavy (non-hydrogen) atoms. The Morgan fingerprint density at radius 3 is 2.08 bits per heavy atom. The Labute approximate surface area is 152 Å². The van der Waals surface area contributed by atoms with Crippen LogP contribution in [0.4, 0.5) is 11.4 Å². The maximum absolute atomic E-state index is 12.4. The first-order valence-electron chi connectivity index (χ1n) is 7.81. The summed E-state index contributed by atoms with van der Waals surface area (Å²) in [7, 11) is -3.65. The predicted molar refractivity (Wildman–Crippen MR) is 98.6 cm³/mol. The molecule has 1 heterocycles. The van der Waals surface area contributed by atoms with Crippen molar-refractivity contribution in [1.29, 1.82) is 0 Å². The average Bonchev–Trinajstić information content (AvgIpc) is 2.62. The lowest BCUT2D eigenvalue weighted by Gasteiger charge is -2.34. The van der Waals surface area contributed by atoms with E-state index in [0.717, 1.165) is 25.2 Å². The van der Waals surface area contributed by atoms with Crippen LogP contribution in [0.25, 0.3) is 0 Å². The first-order valence-corrected chi connectivity index (χ1v) is 9.67. The van der Waals surface area contributed by atoms with Crippen LogP contribution in [0.15, 0.2) is 53.4 Å². The fourth-order valence-electron chi connectivity index (χ4n) is 2.65. The van der Waals surface area contributed by atoms with E-state index < -0.39 is 10.0 Å². The third kappa shape index (κ3) is 4.24. The van der Waals surface area contributed by atoms with E-state index in [2.05, 4.69) is 9.62 Å². The number of amides is 1. The molecule has 1 aliphatic rings. The summed E-state index contributed by atoms with van der Waals surface area (Å²) < 4.78 is 27.3. The van der Waals surface area contributed by atoms with Crippen LogP contribution >= 0.6 is 11.6 Å². The summed E-state index contributed by atoms with van der Waals surface area (Å²) in [5.41, 5.74) is 1.49. The van der Waals surface area contributed by atoms with Gasteiger partial charge in [0.05, 0.1) is 4.90 Å². The van der Waals surface area contributed by atoms with E-state index in [1.165, 1.54) is 24.3 Å². The Hall–Kier alpha value is -2.25. The van der Waals surface area contributed by atoms with Gasteiger partial charge in [-0.2, -0.15) is 0 Å². The first kappa shape index (κ1) is 17.6. The summed E-state index contributed by atoms with van der Waals surface area (Å²) in [6.07, 6.45) is 0.867. The van der Waals surface area contributed by atoms with Crippen LogP contribution < -0.4 is 9.62 Å². The van der Waals surface area contributed by atoms with Crippen molar-refractivity contribution in [2.75, 3.05) is 35.8 Å². The summed E-state index contributed by atoms with van der Waals surface area (Å²) in [4.78, 5) is 14.8. The molecule has 0 atom stereocenters. The molecule has 1 aliphatic heterocycles. The van der Waals surface area contributed by atoms with Gasteiger partial charge in [0.15, 0.2) is 0 Å². The maximum Gasteiger partial charge on any atom is 0.261 e. The largest absolute Gasteiger partial charge is 0.368 e. The molecule has 0 spiro atoms. The van der Waals surface area contributed by atoms with Crippen LogP contribution in [0.1, 0.15) is 0 Å². The lowest BCUT2D eigenvalue weighted by atomic mass is 10.2. The molecule has 0 unspecified atom stereocenters. The normalized spacial score (nSPS) is 15.1. The van der Waals surface area contributed by atoms with Gasteiger partial charge in [0, 0.05) is 42.6 Å². The number of hydrogen-bond acceptors (Lipinski definition) is 4. The van der Waals surface area contributed by atoms with Crippen molar-refractivity contribution in [3.8, 4) is 0 Å². The van der Waals surface area contributed by atoms with E-state index in [9.17, 15) is 13.2 Å². The van der Waals surface area contributed by atoms with Gasteiger partial charge in [0.25, 0.3) is 10.0 Å². The van der Waals surface area contributed by atoms with Crippen LogP contribution in [0.5, 0.6) is 0 Å². The molecule has 1 N–H and O–H groups in total. The van der Waals surface area contributed by atoms with Crippen LogP contribution in [0.3, 0.4) is 0 Å². The van der Waals surface area contributed by atoms with Crippen LogP contribution in [-0.2, 0) is 14.8 Å². The van der Waals surface area contributed by atoms with Gasteiger partial charge in [0.1, 0.15) is 0 Å². The smallest absolute Gasteiger partial charge is 0.261 e. The Balaban J connectivity index is 1.68. The second-order valence-electron chi connectivity index (χ2n) is 5.73. The number of anilines is 2. The lowest BCUT2D eigenvalue weighted by molar-refractivity contribution is -0.118. The van der Waals surface area contributed by atoms with Gasteiger partial charge in [-0.25, -0.2) is 8.42 Å². The molecule has 0 bridgehead atoms. The minimum atomic E-state index is -3.65. The average molecular weight is 380 g/mol. The highest BCUT2D eigenvalue weighted by atomic mass is 35.5. The minimum Gasteiger partial charge on any atom is -0.368 e. The van der Waals surface area contributed by atoms with Crippen molar-refractivity contribution in [3.63, 3.8) is 0 Å². The fraction of sp³-hybridized carbons (Fsp3) is 0.235. The standard InChI is InChI=1S/C17H18ClN3O3S/c18-14-1-7-17(8-2-14)25(23,24)19-15-3-5-16(6-4-15)21-11-9-20(13-22)10-12-21/h1-8,13,19H,9-12H2. The summed E-state index contributed by atoms with van der Waals surface area (Å²) in [5, 5.41) is 0.484. The lowest BCUT2D eigenvalue weighted by Crippen LogP contribution is -2.45. The van der Waals surface area contributed by atoms with Gasteiger partial charge in [-0.15, -0.1) is 0 Å². The summed E-state index contributed by atoms with van der Waals surface area (Å²) in [6, 6.07) is 13.2. The molecule has 0 aliphatic carbocycles. The van der Waals surface area contributed by atoms with E-state index in [1.54, 1.807) is 17.0 Å². The Morgan fingerprint density at radius 2 is 1.52 bits per heavy atom. The third-order valence-corrected chi connectivity index (χ3v) is 5.72. The first-order chi connectivity index (χ1) is 12.0. The molecule has 132 valence electrons. The van der Waals surface area contributed by atoms with Crippen molar-refractivity contribution >= 4 is 39.4 Å². The molecule has 1 fully saturated rings. The summed E-state index contributed by atoms with van der Waals surface area (Å²) in [5.74, 6) is 0. The zero-order valence-electron chi connectivity index (χ0n) is 13.4. The number of piperazine rings is 1. The second kappa shape index (κ2) is 7.33. The monoisotopic (exact) mass is 379 g/mol. The summed E-state index contributed by atoms with van der Waals surface area (Å²) >= 11 is 5.79. The van der Waals surface area contributed by atoms with E-state index >= 15 is 0 Å². The highest BCUT2D eigenvalue weighted by Crippen LogP contribution is 2.22. The molecule has 0 radical (unpaired) electrons. The Bertz CT molecular complexity index is 830. The number of carbonyl (C=O) groups is 1. The molecular weight excluding hydrogens is 362 g/mol. The van der Waals surface area contributed by atoms with Gasteiger partial charge in [-0.1, -0.05) is 11.6 Å². The van der Waals surface area contributed by atoms with Gasteiger partial charge in [-0.05, 0) is 48.5 Å². The quantitative estimate of drug-likeness (QED) is 0.810. The highest BCUT2D eigenvalue weighted by molar-refractivity contribution is 7.92. The van der Waals surface area contributed by atoms with Crippen molar-refractivity contribution in [3.05, 3.63) is 53.6 Å². The van der Waals surface area contributed by atoms with Crippen LogP contribution in [0, 0.1) is 0 Å². The molecule has 3 rings (SSSR count). The van der Waals surface area contributed by atoms with Crippen molar-refractivity contribution in [2.45, 2.75) is 4.90 Å². The number of rotatable bonds is 5. The SMILES string of the molecule is O=CN1CCN(c2ccc(NS(=O)(=O)c3ccc(Cl)cc3)cc2)CC1. The van der Waals surface area contributed by atoms with Crippen LogP contribution in [0.2, 0.25) is 5.02 Å². The topological polar surface area (TPSA) is 69.7 Å². The summed E-state index contributed by atoms with van der Waals surface area (Å²) in [6.45, 7) is 2.89. The number of carbonyl (C=O) groups excluding carboxylic acids is 1. The Kier molecular flexibility index (Phi) is 5.15. The van der Waals surface area contributed by atoms with Crippen molar-refractivity contribution < 1.29 is 13.2 Å². The maximum atomic E-state index is 12.4. The predicted octanol–water partition coefficient (Wildman–Crippen LogP) is 2.42. The third-order valence-electron chi connectivity index (χ3n) is 4.07. The van der Waals surface area contributed by atoms with Gasteiger partial charge < -0.3 is 9.80 Å². The number of hydrogen-bond donors (Lipinski definition) is 1. The fourth-order valence-corrected chi connectivity index (χ4v) is 3.84. The molecule has 6 nitrogen and oxygen atoms in total. The molecule has 0 saturated carbocycles. The molecular formula is C17H18ClN3O3S. The Morgan fingerprint density at radius 1 is 0.920 bits per heavy atom. The zero-order chi connectivity index (χ0) is 17.9. The van der Waals surface area contributed by atoms with E-state index in [4.69, 9.17) is 11.6 Å². The number of sulfonamides is 1. The molecule has 0 aromatic heterocycles. The minimum absolute atomic E-state index is 0.158. The van der Waals surface area contributed by atoms with Crippen LogP contribution in [-0.4, -0.2) is 45.9 Å². The van der Waals surface area contributed by atoms with Gasteiger partial charge >= 0.3 is 0 Å². The zero-order valence-corrected chi connectivity index (χ0v) is 15.0. The van der Waals surface area contributed by atoms with Crippen molar-refractivity contribution in [2.24, 2.45) is 0 Å². The second-order valence-corrected chi connectivity index (χ2v) is 7.85. The number of nitrogens with one attached hydrogen (secondary N) is 1. The number of halogens is 1. The number of benzene rings is 2.